The van der Waals surface area contributed by atoms with E-state index in [1.54, 1.807) is 0 Å². The average molecular weight is 1010 g/mol. The summed E-state index contributed by atoms with van der Waals surface area (Å²) >= 11 is 0. The molecule has 54 heavy (non-hydrogen) atoms. The first-order valence-corrected chi connectivity index (χ1v) is 20.9. The zero-order valence-corrected chi connectivity index (χ0v) is 35.3. The molecular formula is C50H40AgAuP2+2. The first kappa shape index (κ1) is 42.5. The van der Waals surface area contributed by atoms with E-state index in [4.69, 9.17) is 12.8 Å². The summed E-state index contributed by atoms with van der Waals surface area (Å²) in [5, 5.41) is 10.8. The van der Waals surface area contributed by atoms with E-state index in [9.17, 15) is 0 Å². The number of fused-ring (bicyclic) bond motifs is 2. The van der Waals surface area contributed by atoms with E-state index in [1.807, 2.05) is 72.8 Å². The van der Waals surface area contributed by atoms with Gasteiger partial charge >= 0.3 is 44.8 Å². The van der Waals surface area contributed by atoms with E-state index in [-0.39, 0.29) is 44.8 Å². The van der Waals surface area contributed by atoms with Gasteiger partial charge in [-0.05, 0) is 70.1 Å². The van der Waals surface area contributed by atoms with Gasteiger partial charge in [-0.15, -0.1) is 35.4 Å². The summed E-state index contributed by atoms with van der Waals surface area (Å²) < 4.78 is 0. The Balaban J connectivity index is 0.000000206. The smallest absolute Gasteiger partial charge is 0.366 e. The Morgan fingerprint density at radius 1 is 0.333 bits per heavy atom. The predicted molar refractivity (Wildman–Crippen MR) is 231 cm³/mol. The molecule has 0 nitrogen and oxygen atoms in total. The summed E-state index contributed by atoms with van der Waals surface area (Å²) in [6, 6.07) is 72.4. The maximum absolute atomic E-state index is 6.97. The fourth-order valence-corrected chi connectivity index (χ4v) is 12.5. The number of hydrogen-bond donors (Lipinski definition) is 0. The van der Waals surface area contributed by atoms with Crippen LogP contribution in [0.2, 0.25) is 0 Å². The predicted octanol–water partition coefficient (Wildman–Crippen LogP) is 10.3. The summed E-state index contributed by atoms with van der Waals surface area (Å²) in [5.41, 5.74) is 1.66. The maximum atomic E-state index is 6.97. The van der Waals surface area contributed by atoms with Crippen LogP contribution in [0.3, 0.4) is 0 Å². The van der Waals surface area contributed by atoms with E-state index < -0.39 is 15.8 Å². The molecule has 0 aliphatic heterocycles. The molecule has 0 spiro atoms. The van der Waals surface area contributed by atoms with Gasteiger partial charge in [0.05, 0.1) is 37.1 Å². The largest absolute Gasteiger partial charge is 1.00 e. The van der Waals surface area contributed by atoms with Crippen LogP contribution in [-0.4, -0.2) is 12.3 Å². The Labute approximate surface area is 355 Å². The molecule has 0 aromatic heterocycles. The number of hydrogen-bond acceptors (Lipinski definition) is 0. The standard InChI is InChI=1S/C26H24P2.2C12H7.Ag.Au/c1-5-13-23(14-6-1)27(24-15-7-2-8-16-24)21-22-28(25-17-9-3-10-18-25)26-19-11-4-12-20-26;2*1-2-10-7-8-11-5-3-4-6-12(11)9-10;;/h1-20H,21-22H2;2*3-9H;;/q;2*-1;2*+1/p+2. The van der Waals surface area contributed by atoms with E-state index in [2.05, 4.69) is 145 Å². The van der Waals surface area contributed by atoms with Gasteiger partial charge in [0.15, 0.2) is 0 Å². The average Bonchev–Trinajstić information content (AvgIpc) is 3.24. The monoisotopic (exact) mass is 1010 g/mol. The zero-order chi connectivity index (χ0) is 35.8. The van der Waals surface area contributed by atoms with Crippen LogP contribution < -0.4 is 21.2 Å². The molecule has 0 saturated heterocycles. The second-order valence-corrected chi connectivity index (χ2v) is 17.5. The molecule has 0 aliphatic carbocycles. The van der Waals surface area contributed by atoms with Crippen molar-refractivity contribution in [2.45, 2.75) is 0 Å². The third-order valence-corrected chi connectivity index (χ3v) is 15.0. The molecule has 0 heterocycles. The Bertz CT molecular complexity index is 2140. The van der Waals surface area contributed by atoms with Crippen LogP contribution >= 0.6 is 15.8 Å². The van der Waals surface area contributed by atoms with Crippen LogP contribution in [0.1, 0.15) is 11.1 Å². The second kappa shape index (κ2) is 22.8. The fourth-order valence-electron chi connectivity index (χ4n) is 6.25. The van der Waals surface area contributed by atoms with Crippen molar-refractivity contribution in [3.05, 3.63) is 230 Å². The Hall–Kier alpha value is -4.26. The van der Waals surface area contributed by atoms with Crippen LogP contribution in [0, 0.1) is 24.7 Å². The molecule has 0 unspecified atom stereocenters. The zero-order valence-electron chi connectivity index (χ0n) is 29.6. The molecule has 8 aromatic carbocycles. The normalized spacial score (nSPS) is 10.0. The summed E-state index contributed by atoms with van der Waals surface area (Å²) in [6.45, 7) is 0. The summed E-state index contributed by atoms with van der Waals surface area (Å²) in [5.74, 6) is 4.74. The number of rotatable bonds is 7. The van der Waals surface area contributed by atoms with Crippen molar-refractivity contribution in [3.8, 4) is 11.8 Å². The van der Waals surface area contributed by atoms with E-state index >= 15 is 0 Å². The maximum Gasteiger partial charge on any atom is 1.00 e. The second-order valence-electron chi connectivity index (χ2n) is 12.3. The molecule has 4 heteroatoms. The van der Waals surface area contributed by atoms with Gasteiger partial charge in [-0.25, -0.2) is 0 Å². The molecule has 8 aromatic rings. The molecule has 0 bridgehead atoms. The summed E-state index contributed by atoms with van der Waals surface area (Å²) in [4.78, 5) is 0. The summed E-state index contributed by atoms with van der Waals surface area (Å²) in [7, 11) is -1.57. The van der Waals surface area contributed by atoms with Crippen LogP contribution in [0.25, 0.3) is 21.5 Å². The van der Waals surface area contributed by atoms with E-state index in [0.717, 1.165) is 21.9 Å². The molecule has 0 amide bonds. The van der Waals surface area contributed by atoms with Crippen molar-refractivity contribution in [1.29, 1.82) is 0 Å². The van der Waals surface area contributed by atoms with Crippen LogP contribution in [-0.2, 0) is 44.8 Å². The molecule has 0 saturated carbocycles. The minimum Gasteiger partial charge on any atom is -0.366 e. The van der Waals surface area contributed by atoms with Crippen molar-refractivity contribution in [3.63, 3.8) is 0 Å². The van der Waals surface area contributed by atoms with Gasteiger partial charge in [-0.2, -0.15) is 0 Å². The minimum atomic E-state index is -0.783. The van der Waals surface area contributed by atoms with Gasteiger partial charge in [0.25, 0.3) is 0 Å². The van der Waals surface area contributed by atoms with Gasteiger partial charge < -0.3 is 12.8 Å². The molecule has 8 rings (SSSR count). The molecule has 0 fully saturated rings. The number of benzene rings is 8. The van der Waals surface area contributed by atoms with Crippen molar-refractivity contribution in [2.75, 3.05) is 12.3 Å². The molecule has 0 radical (unpaired) electrons. The van der Waals surface area contributed by atoms with Crippen molar-refractivity contribution in [1.82, 2.24) is 0 Å². The summed E-state index contributed by atoms with van der Waals surface area (Å²) in [6.07, 6.45) is 16.5. The fraction of sp³-hybridized carbons (Fsp3) is 0.0400. The Kier molecular flexibility index (Phi) is 18.0. The first-order valence-electron chi connectivity index (χ1n) is 17.5. The SMILES string of the molecule is [Ag+].[Au+].[C-]#Cc1ccc2ccccc2c1.[C-]#Cc1ccc2ccccc2c1.c1ccc([PH+](CC[PH+](c2ccccc2)c2ccccc2)c2ccccc2)cc1. The van der Waals surface area contributed by atoms with Gasteiger partial charge in [0.1, 0.15) is 12.3 Å². The third kappa shape index (κ3) is 12.1. The van der Waals surface area contributed by atoms with Crippen LogP contribution in [0.15, 0.2) is 206 Å². The van der Waals surface area contributed by atoms with Crippen molar-refractivity contribution >= 4 is 58.6 Å². The topological polar surface area (TPSA) is 0 Å². The molecular weight excluding hydrogens is 967 g/mol. The molecule has 0 N–H and O–H groups in total. The van der Waals surface area contributed by atoms with E-state index in [0.29, 0.717) is 0 Å². The van der Waals surface area contributed by atoms with Gasteiger partial charge in [-0.3, -0.25) is 11.8 Å². The Morgan fingerprint density at radius 2 is 0.593 bits per heavy atom. The molecule has 0 aliphatic rings. The van der Waals surface area contributed by atoms with Crippen LogP contribution in [0.5, 0.6) is 0 Å². The van der Waals surface area contributed by atoms with Crippen LogP contribution in [0.4, 0.5) is 0 Å². The van der Waals surface area contributed by atoms with Gasteiger partial charge in [-0.1, -0.05) is 133 Å². The van der Waals surface area contributed by atoms with E-state index in [1.165, 1.54) is 44.3 Å². The minimum absolute atomic E-state index is 0. The van der Waals surface area contributed by atoms with Crippen molar-refractivity contribution in [2.24, 2.45) is 0 Å². The Morgan fingerprint density at radius 3 is 0.870 bits per heavy atom. The first-order chi connectivity index (χ1) is 25.7. The van der Waals surface area contributed by atoms with Gasteiger partial charge in [0.2, 0.25) is 0 Å². The molecule has 270 valence electrons. The van der Waals surface area contributed by atoms with Gasteiger partial charge in [0, 0.05) is 0 Å². The quantitative estimate of drug-likeness (QED) is 0.0646. The van der Waals surface area contributed by atoms with Crippen molar-refractivity contribution < 1.29 is 44.8 Å². The third-order valence-electron chi connectivity index (χ3n) is 8.90. The molecule has 0 atom stereocenters.